The molecule has 2 N–H and O–H groups in total. The zero-order chi connectivity index (χ0) is 17.0. The maximum atomic E-state index is 11.6. The Labute approximate surface area is 137 Å². The van der Waals surface area contributed by atoms with Gasteiger partial charge >= 0.3 is 5.97 Å². The first-order valence-electron chi connectivity index (χ1n) is 7.83. The highest BCUT2D eigenvalue weighted by molar-refractivity contribution is 5.69. The third-order valence-electron chi connectivity index (χ3n) is 4.70. The Morgan fingerprint density at radius 2 is 1.91 bits per heavy atom. The van der Waals surface area contributed by atoms with Gasteiger partial charge in [0.2, 0.25) is 0 Å². The van der Waals surface area contributed by atoms with Crippen LogP contribution < -0.4 is 0 Å². The molecule has 0 aliphatic heterocycles. The molecule has 1 aromatic carbocycles. The third kappa shape index (κ3) is 3.76. The third-order valence-corrected chi connectivity index (χ3v) is 4.70. The van der Waals surface area contributed by atoms with Crippen molar-refractivity contribution in [2.24, 2.45) is 5.92 Å². The van der Waals surface area contributed by atoms with Crippen molar-refractivity contribution in [3.63, 3.8) is 0 Å². The molecule has 4 heteroatoms. The molecule has 1 aliphatic carbocycles. The number of phenolic OH excluding ortho intramolecular Hbond substituents is 1. The summed E-state index contributed by atoms with van der Waals surface area (Å²) in [4.78, 5) is 11.6. The monoisotopic (exact) mass is 316 g/mol. The zero-order valence-electron chi connectivity index (χ0n) is 13.9. The van der Waals surface area contributed by atoms with Gasteiger partial charge in [0.1, 0.15) is 5.75 Å². The van der Waals surface area contributed by atoms with Gasteiger partial charge in [0, 0.05) is 18.3 Å². The molecule has 0 fully saturated rings. The number of benzene rings is 1. The van der Waals surface area contributed by atoms with Crippen molar-refractivity contribution in [2.75, 3.05) is 7.11 Å². The predicted octanol–water partition coefficient (Wildman–Crippen LogP) is 4.01. The molecule has 0 heterocycles. The first-order chi connectivity index (χ1) is 10.9. The van der Waals surface area contributed by atoms with Crippen molar-refractivity contribution in [3.8, 4) is 5.75 Å². The van der Waals surface area contributed by atoms with Crippen molar-refractivity contribution in [1.29, 1.82) is 0 Å². The van der Waals surface area contributed by atoms with Crippen molar-refractivity contribution in [3.05, 3.63) is 53.3 Å². The molecule has 0 bridgehead atoms. The fraction of sp³-hybridized carbons (Fsp3) is 0.421. The number of phenols is 1. The second kappa shape index (κ2) is 6.90. The molecule has 4 nitrogen and oxygen atoms in total. The second-order valence-electron chi connectivity index (χ2n) is 6.34. The number of hydrogen-bond acceptors (Lipinski definition) is 4. The minimum Gasteiger partial charge on any atom is -0.512 e. The number of ether oxygens (including phenoxy) is 1. The van der Waals surface area contributed by atoms with E-state index in [4.69, 9.17) is 4.74 Å². The molecule has 0 aromatic heterocycles. The summed E-state index contributed by atoms with van der Waals surface area (Å²) in [6.07, 6.45) is 5.19. The Bertz CT molecular complexity index is 627. The fourth-order valence-corrected chi connectivity index (χ4v) is 3.31. The maximum absolute atomic E-state index is 11.6. The number of aromatic hydroxyl groups is 1. The van der Waals surface area contributed by atoms with Crippen LogP contribution in [0.2, 0.25) is 0 Å². The van der Waals surface area contributed by atoms with E-state index in [9.17, 15) is 15.0 Å². The van der Waals surface area contributed by atoms with Gasteiger partial charge in [-0.1, -0.05) is 37.6 Å². The number of esters is 1. The predicted molar refractivity (Wildman–Crippen MR) is 89.3 cm³/mol. The van der Waals surface area contributed by atoms with Crippen LogP contribution in [0.3, 0.4) is 0 Å². The molecule has 2 unspecified atom stereocenters. The van der Waals surface area contributed by atoms with Gasteiger partial charge in [-0.3, -0.25) is 4.79 Å². The molecular weight excluding hydrogens is 292 g/mol. The van der Waals surface area contributed by atoms with Crippen molar-refractivity contribution < 1.29 is 19.7 Å². The van der Waals surface area contributed by atoms with Crippen molar-refractivity contribution >= 4 is 5.97 Å². The number of aliphatic hydroxyl groups excluding tert-OH is 1. The average Bonchev–Trinajstić information content (AvgIpc) is 2.52. The summed E-state index contributed by atoms with van der Waals surface area (Å²) < 4.78 is 4.78. The Hall–Kier alpha value is -2.23. The van der Waals surface area contributed by atoms with Gasteiger partial charge in [-0.25, -0.2) is 0 Å². The number of carbonyl (C=O) groups is 1. The molecule has 1 aliphatic rings. The largest absolute Gasteiger partial charge is 0.512 e. The maximum Gasteiger partial charge on any atom is 0.305 e. The molecule has 0 spiro atoms. The van der Waals surface area contributed by atoms with Gasteiger partial charge in [0.05, 0.1) is 12.9 Å². The van der Waals surface area contributed by atoms with E-state index in [0.717, 1.165) is 5.56 Å². The lowest BCUT2D eigenvalue weighted by molar-refractivity contribution is -0.140. The summed E-state index contributed by atoms with van der Waals surface area (Å²) in [6, 6.07) is 7.09. The molecule has 2 rings (SSSR count). The Morgan fingerprint density at radius 1 is 1.26 bits per heavy atom. The molecular formula is C19H24O4. The van der Waals surface area contributed by atoms with Crippen molar-refractivity contribution in [1.82, 2.24) is 0 Å². The van der Waals surface area contributed by atoms with Gasteiger partial charge in [-0.05, 0) is 36.1 Å². The van der Waals surface area contributed by atoms with Gasteiger partial charge in [0.15, 0.2) is 0 Å². The van der Waals surface area contributed by atoms with Crippen LogP contribution in [0.15, 0.2) is 47.7 Å². The fourth-order valence-electron chi connectivity index (χ4n) is 3.31. The van der Waals surface area contributed by atoms with Crippen molar-refractivity contribution in [2.45, 2.75) is 38.5 Å². The highest BCUT2D eigenvalue weighted by Gasteiger charge is 2.35. The second-order valence-corrected chi connectivity index (χ2v) is 6.34. The van der Waals surface area contributed by atoms with Crippen LogP contribution in [0.4, 0.5) is 0 Å². The summed E-state index contributed by atoms with van der Waals surface area (Å²) >= 11 is 0. The van der Waals surface area contributed by atoms with E-state index in [1.165, 1.54) is 12.7 Å². The first kappa shape index (κ1) is 17.1. The molecule has 0 amide bonds. The van der Waals surface area contributed by atoms with Crippen LogP contribution in [0, 0.1) is 5.92 Å². The lowest BCUT2D eigenvalue weighted by atomic mass is 9.67. The standard InChI is InChI=1S/C19H24O4/c1-13-12-16(21)8-9-17(13)19(2,11-10-18(22)23-3)14-4-6-15(20)7-5-14/h4-9,13,20-21H,10-12H2,1-3H3. The molecule has 124 valence electrons. The van der Waals surface area contributed by atoms with Gasteiger partial charge < -0.3 is 14.9 Å². The lowest BCUT2D eigenvalue weighted by Crippen LogP contribution is -2.30. The van der Waals surface area contributed by atoms with E-state index in [0.29, 0.717) is 25.0 Å². The Morgan fingerprint density at radius 3 is 2.48 bits per heavy atom. The van der Waals surface area contributed by atoms with Crippen LogP contribution in [0.5, 0.6) is 5.75 Å². The van der Waals surface area contributed by atoms with Crippen LogP contribution in [-0.4, -0.2) is 23.3 Å². The normalized spacial score (nSPS) is 20.2. The number of aliphatic hydroxyl groups is 1. The summed E-state index contributed by atoms with van der Waals surface area (Å²) in [5, 5.41) is 19.3. The minimum atomic E-state index is -0.363. The van der Waals surface area contributed by atoms with E-state index < -0.39 is 0 Å². The van der Waals surface area contributed by atoms with Crippen LogP contribution in [-0.2, 0) is 14.9 Å². The van der Waals surface area contributed by atoms with Gasteiger partial charge in [-0.2, -0.15) is 0 Å². The molecule has 1 aromatic rings. The van der Waals surface area contributed by atoms with Crippen LogP contribution >= 0.6 is 0 Å². The molecule has 0 radical (unpaired) electrons. The van der Waals surface area contributed by atoms with E-state index in [2.05, 4.69) is 13.8 Å². The Balaban J connectivity index is 2.42. The number of rotatable bonds is 5. The van der Waals surface area contributed by atoms with E-state index >= 15 is 0 Å². The highest BCUT2D eigenvalue weighted by Crippen LogP contribution is 2.43. The zero-order valence-corrected chi connectivity index (χ0v) is 13.9. The SMILES string of the molecule is COC(=O)CCC(C)(C1=CC=C(O)CC1C)c1ccc(O)cc1. The van der Waals surface area contributed by atoms with E-state index in [1.807, 2.05) is 18.2 Å². The van der Waals surface area contributed by atoms with E-state index in [1.54, 1.807) is 18.2 Å². The molecule has 2 atom stereocenters. The number of carbonyl (C=O) groups excluding carboxylic acids is 1. The summed E-state index contributed by atoms with van der Waals surface area (Å²) in [7, 11) is 1.39. The Kier molecular flexibility index (Phi) is 5.14. The average molecular weight is 316 g/mol. The van der Waals surface area contributed by atoms with Gasteiger partial charge in [-0.15, -0.1) is 0 Å². The summed E-state index contributed by atoms with van der Waals surface area (Å²) in [6.45, 7) is 4.17. The molecule has 0 saturated carbocycles. The lowest BCUT2D eigenvalue weighted by Gasteiger charge is -2.37. The number of hydrogen-bond donors (Lipinski definition) is 2. The summed E-state index contributed by atoms with van der Waals surface area (Å²) in [5.74, 6) is 0.531. The van der Waals surface area contributed by atoms with Gasteiger partial charge in [0.25, 0.3) is 0 Å². The highest BCUT2D eigenvalue weighted by atomic mass is 16.5. The topological polar surface area (TPSA) is 66.8 Å². The smallest absolute Gasteiger partial charge is 0.305 e. The summed E-state index contributed by atoms with van der Waals surface area (Å²) in [5.41, 5.74) is 1.84. The van der Waals surface area contributed by atoms with Crippen LogP contribution in [0.25, 0.3) is 0 Å². The first-order valence-corrected chi connectivity index (χ1v) is 7.83. The number of allylic oxidation sites excluding steroid dienone is 4. The minimum absolute atomic E-state index is 0.177. The quantitative estimate of drug-likeness (QED) is 0.805. The van der Waals surface area contributed by atoms with E-state index in [-0.39, 0.29) is 23.1 Å². The number of methoxy groups -OCH3 is 1. The molecule has 23 heavy (non-hydrogen) atoms. The molecule has 0 saturated heterocycles. The van der Waals surface area contributed by atoms with Crippen LogP contribution in [0.1, 0.15) is 38.7 Å².